The summed E-state index contributed by atoms with van der Waals surface area (Å²) < 4.78 is 13.0. The van der Waals surface area contributed by atoms with Crippen LogP contribution in [0.2, 0.25) is 0 Å². The van der Waals surface area contributed by atoms with Gasteiger partial charge in [-0.05, 0) is 55.0 Å². The zero-order valence-electron chi connectivity index (χ0n) is 15.1. The third-order valence-corrected chi connectivity index (χ3v) is 5.10. The van der Waals surface area contributed by atoms with Crippen molar-refractivity contribution in [2.24, 2.45) is 0 Å². The van der Waals surface area contributed by atoms with E-state index in [1.807, 2.05) is 32.9 Å². The number of nitrogens with zero attached hydrogens (tertiary/aromatic N) is 1. The molecule has 0 bridgehead atoms. The van der Waals surface area contributed by atoms with Crippen molar-refractivity contribution in [3.8, 4) is 0 Å². The maximum Gasteiger partial charge on any atom is 0.254 e. The molecule has 0 atom stereocenters. The highest BCUT2D eigenvalue weighted by Gasteiger charge is 2.19. The summed E-state index contributed by atoms with van der Waals surface area (Å²) in [6.45, 7) is 6.39. The topological polar surface area (TPSA) is 42.0 Å². The molecular weight excluding hydrogens is 347 g/mol. The smallest absolute Gasteiger partial charge is 0.254 e. The van der Waals surface area contributed by atoms with Gasteiger partial charge in [0.15, 0.2) is 0 Å². The van der Waals surface area contributed by atoms with E-state index in [1.165, 1.54) is 12.1 Å². The summed E-state index contributed by atoms with van der Waals surface area (Å²) in [5.41, 5.74) is 4.45. The first-order valence-corrected chi connectivity index (χ1v) is 9.54. The minimum atomic E-state index is -0.286. The van der Waals surface area contributed by atoms with Gasteiger partial charge in [0.25, 0.3) is 5.91 Å². The minimum absolute atomic E-state index is 0.154. The van der Waals surface area contributed by atoms with Crippen LogP contribution in [0.3, 0.4) is 0 Å². The molecule has 0 aliphatic carbocycles. The van der Waals surface area contributed by atoms with E-state index < -0.39 is 0 Å². The predicted octanol–water partition coefficient (Wildman–Crippen LogP) is 5.03. The number of nitrogens with one attached hydrogen (secondary N) is 1. The lowest BCUT2D eigenvalue weighted by molar-refractivity contribution is 0.0947. The molecule has 0 saturated heterocycles. The monoisotopic (exact) mass is 368 g/mol. The number of carbonyl (C=O) groups is 1. The van der Waals surface area contributed by atoms with Crippen molar-refractivity contribution in [3.05, 3.63) is 70.5 Å². The van der Waals surface area contributed by atoms with Gasteiger partial charge in [0.2, 0.25) is 0 Å². The first-order valence-electron chi connectivity index (χ1n) is 8.56. The number of carbonyl (C=O) groups excluding carboxylic acids is 1. The largest absolute Gasteiger partial charge is 0.348 e. The summed E-state index contributed by atoms with van der Waals surface area (Å²) in [4.78, 5) is 17.6. The Labute approximate surface area is 157 Å². The van der Waals surface area contributed by atoms with Gasteiger partial charge in [0.05, 0.1) is 11.1 Å². The third-order valence-electron chi connectivity index (χ3n) is 4.24. The zero-order chi connectivity index (χ0) is 18.7. The number of amides is 1. The number of aryl methyl sites for hydroxylation is 2. The van der Waals surface area contributed by atoms with Crippen molar-refractivity contribution in [3.63, 3.8) is 0 Å². The van der Waals surface area contributed by atoms with Gasteiger partial charge in [-0.3, -0.25) is 4.79 Å². The van der Waals surface area contributed by atoms with Crippen molar-refractivity contribution in [2.45, 2.75) is 32.3 Å². The van der Waals surface area contributed by atoms with Gasteiger partial charge in [-0.2, -0.15) is 0 Å². The third kappa shape index (κ3) is 3.88. The van der Waals surface area contributed by atoms with Gasteiger partial charge in [-0.1, -0.05) is 30.7 Å². The fraction of sp³-hybridized carbons (Fsp3) is 0.238. The van der Waals surface area contributed by atoms with E-state index in [2.05, 4.69) is 11.4 Å². The zero-order valence-corrected chi connectivity index (χ0v) is 15.9. The Morgan fingerprint density at radius 1 is 1.15 bits per heavy atom. The Morgan fingerprint density at radius 2 is 1.88 bits per heavy atom. The van der Waals surface area contributed by atoms with Crippen molar-refractivity contribution in [1.29, 1.82) is 0 Å². The number of fused-ring (bicyclic) bond motifs is 1. The molecule has 134 valence electrons. The van der Waals surface area contributed by atoms with Crippen molar-refractivity contribution in [2.75, 3.05) is 5.75 Å². The molecule has 2 aromatic carbocycles. The first-order chi connectivity index (χ1) is 12.5. The standard InChI is InChI=1S/C21H21FN2OS/c1-4-26-21-19(14(3)17-11-13(2)5-10-18(17)24-21)20(25)23-12-15-6-8-16(22)9-7-15/h5-11H,4,12H2,1-3H3,(H,23,25). The lowest BCUT2D eigenvalue weighted by atomic mass is 10.0. The Balaban J connectivity index is 1.95. The second-order valence-corrected chi connectivity index (χ2v) is 7.43. The highest BCUT2D eigenvalue weighted by atomic mass is 32.2. The molecule has 0 aliphatic rings. The molecule has 3 rings (SSSR count). The molecule has 3 aromatic rings. The summed E-state index contributed by atoms with van der Waals surface area (Å²) >= 11 is 1.57. The molecule has 26 heavy (non-hydrogen) atoms. The molecule has 0 radical (unpaired) electrons. The van der Waals surface area contributed by atoms with Crippen LogP contribution in [0.25, 0.3) is 10.9 Å². The second-order valence-electron chi connectivity index (χ2n) is 6.18. The van der Waals surface area contributed by atoms with E-state index in [0.29, 0.717) is 12.1 Å². The fourth-order valence-electron chi connectivity index (χ4n) is 2.89. The summed E-state index contributed by atoms with van der Waals surface area (Å²) in [7, 11) is 0. The minimum Gasteiger partial charge on any atom is -0.348 e. The molecule has 0 unspecified atom stereocenters. The predicted molar refractivity (Wildman–Crippen MR) is 105 cm³/mol. The molecular formula is C21H21FN2OS. The number of halogens is 1. The summed E-state index contributed by atoms with van der Waals surface area (Å²) in [6.07, 6.45) is 0. The average Bonchev–Trinajstić information content (AvgIpc) is 2.62. The van der Waals surface area contributed by atoms with Gasteiger partial charge in [0.1, 0.15) is 10.8 Å². The summed E-state index contributed by atoms with van der Waals surface area (Å²) in [6, 6.07) is 12.2. The molecule has 3 nitrogen and oxygen atoms in total. The van der Waals surface area contributed by atoms with Crippen molar-refractivity contribution in [1.82, 2.24) is 10.3 Å². The number of benzene rings is 2. The van der Waals surface area contributed by atoms with Crippen LogP contribution in [0.15, 0.2) is 47.5 Å². The highest BCUT2D eigenvalue weighted by molar-refractivity contribution is 7.99. The maximum atomic E-state index is 13.0. The molecule has 0 fully saturated rings. The van der Waals surface area contributed by atoms with Crippen LogP contribution in [0.5, 0.6) is 0 Å². The number of thioether (sulfide) groups is 1. The Kier molecular flexibility index (Phi) is 5.57. The summed E-state index contributed by atoms with van der Waals surface area (Å²) in [5.74, 6) is 0.396. The molecule has 1 heterocycles. The lowest BCUT2D eigenvalue weighted by Gasteiger charge is -2.14. The fourth-order valence-corrected chi connectivity index (χ4v) is 3.72. The van der Waals surface area contributed by atoms with Crippen LogP contribution in [0.4, 0.5) is 4.39 Å². The van der Waals surface area contributed by atoms with E-state index in [-0.39, 0.29) is 11.7 Å². The number of rotatable bonds is 5. The average molecular weight is 368 g/mol. The SMILES string of the molecule is CCSc1nc2ccc(C)cc2c(C)c1C(=O)NCc1ccc(F)cc1. The molecule has 0 aliphatic heterocycles. The number of aromatic nitrogens is 1. The van der Waals surface area contributed by atoms with Crippen LogP contribution in [-0.4, -0.2) is 16.6 Å². The van der Waals surface area contributed by atoms with E-state index >= 15 is 0 Å². The Bertz CT molecular complexity index is 954. The molecule has 0 saturated carbocycles. The Hall–Kier alpha value is -2.40. The molecule has 1 aromatic heterocycles. The molecule has 0 spiro atoms. The van der Waals surface area contributed by atoms with Gasteiger partial charge in [0, 0.05) is 11.9 Å². The molecule has 5 heteroatoms. The first kappa shape index (κ1) is 18.4. The van der Waals surface area contributed by atoms with E-state index in [0.717, 1.165) is 38.4 Å². The number of hydrogen-bond acceptors (Lipinski definition) is 3. The van der Waals surface area contributed by atoms with Gasteiger partial charge < -0.3 is 5.32 Å². The van der Waals surface area contributed by atoms with Crippen molar-refractivity contribution >= 4 is 28.6 Å². The molecule has 1 N–H and O–H groups in total. The number of pyridine rings is 1. The van der Waals surface area contributed by atoms with Gasteiger partial charge in [-0.25, -0.2) is 9.37 Å². The normalized spacial score (nSPS) is 10.9. The van der Waals surface area contributed by atoms with Gasteiger partial charge >= 0.3 is 0 Å². The van der Waals surface area contributed by atoms with Crippen LogP contribution in [0.1, 0.15) is 34.0 Å². The van der Waals surface area contributed by atoms with E-state index in [1.54, 1.807) is 23.9 Å². The Morgan fingerprint density at radius 3 is 2.58 bits per heavy atom. The van der Waals surface area contributed by atoms with Crippen LogP contribution in [0, 0.1) is 19.7 Å². The van der Waals surface area contributed by atoms with E-state index in [9.17, 15) is 9.18 Å². The second kappa shape index (κ2) is 7.87. The molecule has 1 amide bonds. The van der Waals surface area contributed by atoms with Crippen molar-refractivity contribution < 1.29 is 9.18 Å². The maximum absolute atomic E-state index is 13.0. The van der Waals surface area contributed by atoms with E-state index in [4.69, 9.17) is 4.98 Å². The number of hydrogen-bond donors (Lipinski definition) is 1. The van der Waals surface area contributed by atoms with Gasteiger partial charge in [-0.15, -0.1) is 11.8 Å². The lowest BCUT2D eigenvalue weighted by Crippen LogP contribution is -2.25. The quantitative estimate of drug-likeness (QED) is 0.642. The van der Waals surface area contributed by atoms with Crippen LogP contribution in [-0.2, 0) is 6.54 Å². The highest BCUT2D eigenvalue weighted by Crippen LogP contribution is 2.29. The van der Waals surface area contributed by atoms with Crippen LogP contribution >= 0.6 is 11.8 Å². The van der Waals surface area contributed by atoms with Crippen LogP contribution < -0.4 is 5.32 Å². The summed E-state index contributed by atoms with van der Waals surface area (Å²) in [5, 5.41) is 4.68.